The van der Waals surface area contributed by atoms with Crippen LogP contribution in [0.1, 0.15) is 23.0 Å². The fourth-order valence-corrected chi connectivity index (χ4v) is 3.22. The first-order chi connectivity index (χ1) is 14.1. The largest absolute Gasteiger partial charge is 0.462 e. The Labute approximate surface area is 169 Å². The summed E-state index contributed by atoms with van der Waals surface area (Å²) in [6.07, 6.45) is 0. The molecule has 0 aliphatic carbocycles. The molecule has 0 saturated carbocycles. The summed E-state index contributed by atoms with van der Waals surface area (Å²) in [5, 5.41) is 0.772. The van der Waals surface area contributed by atoms with Gasteiger partial charge < -0.3 is 9.47 Å². The molecule has 1 aromatic heterocycles. The van der Waals surface area contributed by atoms with E-state index in [-0.39, 0.29) is 5.97 Å². The standard InChI is InChI=1S/C25H21NO3/c1-3-28-25(27)20-11-14-23-22(16-20)24(15-17(2)26-23)29-21-12-9-19(10-13-21)18-7-5-4-6-8-18/h4-16H,3H2,1-2H3. The van der Waals surface area contributed by atoms with Gasteiger partial charge in [0.05, 0.1) is 17.7 Å². The number of fused-ring (bicyclic) bond motifs is 1. The molecule has 0 spiro atoms. The van der Waals surface area contributed by atoms with E-state index in [2.05, 4.69) is 17.1 Å². The molecule has 0 bridgehead atoms. The van der Waals surface area contributed by atoms with Crippen LogP contribution >= 0.6 is 0 Å². The minimum Gasteiger partial charge on any atom is -0.462 e. The number of aryl methyl sites for hydroxylation is 1. The quantitative estimate of drug-likeness (QED) is 0.386. The number of carbonyl (C=O) groups excluding carboxylic acids is 1. The molecule has 0 unspecified atom stereocenters. The molecule has 0 aliphatic heterocycles. The Bertz CT molecular complexity index is 1150. The number of hydrogen-bond acceptors (Lipinski definition) is 4. The Hall–Kier alpha value is -3.66. The molecule has 4 nitrogen and oxygen atoms in total. The molecule has 0 fully saturated rings. The molecular weight excluding hydrogens is 362 g/mol. The lowest BCUT2D eigenvalue weighted by Crippen LogP contribution is -2.04. The molecule has 4 heteroatoms. The molecule has 0 saturated heterocycles. The number of nitrogens with zero attached hydrogens (tertiary/aromatic N) is 1. The first-order valence-corrected chi connectivity index (χ1v) is 9.56. The van der Waals surface area contributed by atoms with Crippen molar-refractivity contribution in [3.05, 3.63) is 90.1 Å². The van der Waals surface area contributed by atoms with Gasteiger partial charge >= 0.3 is 5.97 Å². The van der Waals surface area contributed by atoms with Gasteiger partial charge in [-0.1, -0.05) is 42.5 Å². The van der Waals surface area contributed by atoms with E-state index in [1.807, 2.05) is 61.5 Å². The smallest absolute Gasteiger partial charge is 0.338 e. The van der Waals surface area contributed by atoms with E-state index < -0.39 is 0 Å². The third-order valence-electron chi connectivity index (χ3n) is 4.60. The summed E-state index contributed by atoms with van der Waals surface area (Å²) in [4.78, 5) is 16.7. The van der Waals surface area contributed by atoms with E-state index in [1.165, 1.54) is 0 Å². The summed E-state index contributed by atoms with van der Waals surface area (Å²) < 4.78 is 11.3. The number of aromatic nitrogens is 1. The van der Waals surface area contributed by atoms with E-state index in [0.717, 1.165) is 33.5 Å². The molecule has 4 rings (SSSR count). The zero-order valence-corrected chi connectivity index (χ0v) is 16.4. The Morgan fingerprint density at radius 2 is 1.62 bits per heavy atom. The van der Waals surface area contributed by atoms with Crippen LogP contribution in [0, 0.1) is 6.92 Å². The number of hydrogen-bond donors (Lipinski definition) is 0. The van der Waals surface area contributed by atoms with E-state index >= 15 is 0 Å². The van der Waals surface area contributed by atoms with Crippen molar-refractivity contribution in [3.63, 3.8) is 0 Å². The number of carbonyl (C=O) groups is 1. The predicted octanol–water partition coefficient (Wildman–Crippen LogP) is 6.18. The van der Waals surface area contributed by atoms with Gasteiger partial charge in [-0.25, -0.2) is 4.79 Å². The van der Waals surface area contributed by atoms with Crippen LogP contribution < -0.4 is 4.74 Å². The van der Waals surface area contributed by atoms with Crippen molar-refractivity contribution in [3.8, 4) is 22.6 Å². The number of rotatable bonds is 5. The highest BCUT2D eigenvalue weighted by atomic mass is 16.5. The highest BCUT2D eigenvalue weighted by molar-refractivity contribution is 5.96. The van der Waals surface area contributed by atoms with Gasteiger partial charge in [-0.2, -0.15) is 0 Å². The summed E-state index contributed by atoms with van der Waals surface area (Å²) in [7, 11) is 0. The Morgan fingerprint density at radius 3 is 2.34 bits per heavy atom. The Balaban J connectivity index is 1.67. The summed E-state index contributed by atoms with van der Waals surface area (Å²) in [6.45, 7) is 4.04. The maximum Gasteiger partial charge on any atom is 0.338 e. The van der Waals surface area contributed by atoms with Crippen LogP contribution in [0.25, 0.3) is 22.0 Å². The molecule has 1 heterocycles. The second-order valence-electron chi connectivity index (χ2n) is 6.71. The van der Waals surface area contributed by atoms with Gasteiger partial charge in [0.1, 0.15) is 11.5 Å². The fourth-order valence-electron chi connectivity index (χ4n) is 3.22. The lowest BCUT2D eigenvalue weighted by molar-refractivity contribution is 0.0526. The minimum atomic E-state index is -0.354. The van der Waals surface area contributed by atoms with E-state index in [9.17, 15) is 4.79 Å². The Kier molecular flexibility index (Phi) is 5.25. The first kappa shape index (κ1) is 18.7. The Morgan fingerprint density at radius 1 is 0.897 bits per heavy atom. The van der Waals surface area contributed by atoms with Gasteiger partial charge in [0.15, 0.2) is 0 Å². The number of benzene rings is 3. The van der Waals surface area contributed by atoms with Gasteiger partial charge in [0.2, 0.25) is 0 Å². The summed E-state index contributed by atoms with van der Waals surface area (Å²) in [5.74, 6) is 1.03. The molecule has 0 atom stereocenters. The van der Waals surface area contributed by atoms with Gasteiger partial charge in [0, 0.05) is 17.1 Å². The molecular formula is C25H21NO3. The normalized spacial score (nSPS) is 10.7. The van der Waals surface area contributed by atoms with Gasteiger partial charge in [-0.3, -0.25) is 4.98 Å². The maximum absolute atomic E-state index is 12.1. The average molecular weight is 383 g/mol. The zero-order valence-electron chi connectivity index (χ0n) is 16.4. The van der Waals surface area contributed by atoms with Crippen molar-refractivity contribution in [2.75, 3.05) is 6.61 Å². The van der Waals surface area contributed by atoms with Crippen LogP contribution in [0.15, 0.2) is 78.9 Å². The van der Waals surface area contributed by atoms with Crippen molar-refractivity contribution in [1.29, 1.82) is 0 Å². The monoisotopic (exact) mass is 383 g/mol. The summed E-state index contributed by atoms with van der Waals surface area (Å²) in [5.41, 5.74) is 4.38. The van der Waals surface area contributed by atoms with Crippen LogP contribution in [0.5, 0.6) is 11.5 Å². The van der Waals surface area contributed by atoms with E-state index in [1.54, 1.807) is 19.1 Å². The third kappa shape index (κ3) is 4.11. The summed E-state index contributed by atoms with van der Waals surface area (Å²) in [6, 6.07) is 25.3. The molecule has 0 radical (unpaired) electrons. The minimum absolute atomic E-state index is 0.333. The van der Waals surface area contributed by atoms with Crippen LogP contribution in [0.4, 0.5) is 0 Å². The van der Waals surface area contributed by atoms with Crippen molar-refractivity contribution in [1.82, 2.24) is 4.98 Å². The average Bonchev–Trinajstić information content (AvgIpc) is 2.75. The zero-order chi connectivity index (χ0) is 20.2. The van der Waals surface area contributed by atoms with Crippen molar-refractivity contribution in [2.24, 2.45) is 0 Å². The van der Waals surface area contributed by atoms with Gasteiger partial charge in [0.25, 0.3) is 0 Å². The topological polar surface area (TPSA) is 48.4 Å². The lowest BCUT2D eigenvalue weighted by atomic mass is 10.1. The maximum atomic E-state index is 12.1. The second kappa shape index (κ2) is 8.15. The molecule has 3 aromatic carbocycles. The molecule has 4 aromatic rings. The van der Waals surface area contributed by atoms with Crippen LogP contribution in [0.2, 0.25) is 0 Å². The van der Waals surface area contributed by atoms with Gasteiger partial charge in [-0.15, -0.1) is 0 Å². The molecule has 0 amide bonds. The van der Waals surface area contributed by atoms with Gasteiger partial charge in [-0.05, 0) is 55.3 Å². The molecule has 0 aliphatic rings. The van der Waals surface area contributed by atoms with Crippen molar-refractivity contribution in [2.45, 2.75) is 13.8 Å². The molecule has 0 N–H and O–H groups in total. The second-order valence-corrected chi connectivity index (χ2v) is 6.71. The third-order valence-corrected chi connectivity index (χ3v) is 4.60. The number of pyridine rings is 1. The van der Waals surface area contributed by atoms with E-state index in [4.69, 9.17) is 9.47 Å². The predicted molar refractivity (Wildman–Crippen MR) is 114 cm³/mol. The first-order valence-electron chi connectivity index (χ1n) is 9.56. The van der Waals surface area contributed by atoms with Crippen LogP contribution in [-0.4, -0.2) is 17.6 Å². The highest BCUT2D eigenvalue weighted by Gasteiger charge is 2.12. The van der Waals surface area contributed by atoms with E-state index in [0.29, 0.717) is 17.9 Å². The lowest BCUT2D eigenvalue weighted by Gasteiger charge is -2.12. The van der Waals surface area contributed by atoms with Crippen molar-refractivity contribution >= 4 is 16.9 Å². The van der Waals surface area contributed by atoms with Crippen LogP contribution in [0.3, 0.4) is 0 Å². The highest BCUT2D eigenvalue weighted by Crippen LogP contribution is 2.32. The fraction of sp³-hybridized carbons (Fsp3) is 0.120. The number of ether oxygens (including phenoxy) is 2. The molecule has 144 valence electrons. The molecule has 29 heavy (non-hydrogen) atoms. The van der Waals surface area contributed by atoms with Crippen LogP contribution in [-0.2, 0) is 4.74 Å². The SMILES string of the molecule is CCOC(=O)c1ccc2nc(C)cc(Oc3ccc(-c4ccccc4)cc3)c2c1. The van der Waals surface area contributed by atoms with Crippen molar-refractivity contribution < 1.29 is 14.3 Å². The number of esters is 1. The summed E-state index contributed by atoms with van der Waals surface area (Å²) >= 11 is 0.